The van der Waals surface area contributed by atoms with Crippen molar-refractivity contribution in [1.29, 1.82) is 0 Å². The van der Waals surface area contributed by atoms with Crippen LogP contribution in [0, 0.1) is 5.41 Å². The number of carbonyl (C=O) groups excluding carboxylic acids is 1. The summed E-state index contributed by atoms with van der Waals surface area (Å²) in [4.78, 5) is 18.7. The number of alkyl halides is 3. The highest BCUT2D eigenvalue weighted by atomic mass is 35.5. The topological polar surface area (TPSA) is 119 Å². The molecule has 1 heterocycles. The number of nitrogens with one attached hydrogen (secondary N) is 2. The lowest BCUT2D eigenvalue weighted by Gasteiger charge is -2.39. The molecule has 1 aliphatic carbocycles. The van der Waals surface area contributed by atoms with Gasteiger partial charge in [-0.3, -0.25) is 9.69 Å². The number of allylic oxidation sites excluding steroid dienone is 1. The molecule has 0 saturated carbocycles. The zero-order valence-electron chi connectivity index (χ0n) is 35.2. The molecule has 0 bridgehead atoms. The highest BCUT2D eigenvalue weighted by Gasteiger charge is 2.48. The number of hydrogen-bond acceptors (Lipinski definition) is 10. The molecule has 2 N–H and O–H groups in total. The van der Waals surface area contributed by atoms with Crippen LogP contribution in [0.1, 0.15) is 55.5 Å². The summed E-state index contributed by atoms with van der Waals surface area (Å²) in [6, 6.07) is 25.7. The van der Waals surface area contributed by atoms with Gasteiger partial charge in [0.05, 0.1) is 10.6 Å². The van der Waals surface area contributed by atoms with Crippen LogP contribution in [-0.2, 0) is 19.9 Å². The zero-order valence-corrected chi connectivity index (χ0v) is 38.4. The molecule has 4 aromatic rings. The fourth-order valence-electron chi connectivity index (χ4n) is 7.74. The van der Waals surface area contributed by atoms with E-state index in [1.54, 1.807) is 12.1 Å². The molecule has 10 nitrogen and oxygen atoms in total. The predicted octanol–water partition coefficient (Wildman–Crippen LogP) is 9.06. The molecule has 4 aromatic carbocycles. The Morgan fingerprint density at radius 2 is 1.56 bits per heavy atom. The number of sulfonamides is 1. The summed E-state index contributed by atoms with van der Waals surface area (Å²) in [7, 11) is -7.19. The van der Waals surface area contributed by atoms with Gasteiger partial charge in [0.2, 0.25) is 0 Å². The number of anilines is 2. The molecule has 0 spiro atoms. The van der Waals surface area contributed by atoms with Crippen molar-refractivity contribution in [3.05, 3.63) is 119 Å². The molecule has 62 heavy (non-hydrogen) atoms. The highest BCUT2D eigenvalue weighted by molar-refractivity contribution is 7.99. The summed E-state index contributed by atoms with van der Waals surface area (Å²) < 4.78 is 96.9. The van der Waals surface area contributed by atoms with Gasteiger partial charge in [-0.1, -0.05) is 61.4 Å². The molecule has 1 aliphatic heterocycles. The third-order valence-electron chi connectivity index (χ3n) is 11.2. The van der Waals surface area contributed by atoms with Gasteiger partial charge in [-0.2, -0.15) is 13.2 Å². The zero-order chi connectivity index (χ0) is 44.9. The van der Waals surface area contributed by atoms with Crippen molar-refractivity contribution in [1.82, 2.24) is 14.5 Å². The van der Waals surface area contributed by atoms with Crippen LogP contribution in [0.25, 0.3) is 5.57 Å². The predicted molar refractivity (Wildman–Crippen MR) is 243 cm³/mol. The Hall–Kier alpha value is -4.06. The smallest absolute Gasteiger partial charge is 0.380 e. The number of benzene rings is 4. The molecule has 17 heteroatoms. The van der Waals surface area contributed by atoms with Crippen LogP contribution in [0.15, 0.2) is 117 Å². The number of thioether (sulfide) groups is 1. The van der Waals surface area contributed by atoms with E-state index in [9.17, 15) is 34.8 Å². The lowest BCUT2D eigenvalue weighted by atomic mass is 9.73. The van der Waals surface area contributed by atoms with Gasteiger partial charge in [0.25, 0.3) is 25.8 Å². The van der Waals surface area contributed by atoms with E-state index in [0.717, 1.165) is 74.7 Å². The van der Waals surface area contributed by atoms with Crippen molar-refractivity contribution in [3.8, 4) is 0 Å². The molecule has 334 valence electrons. The fourth-order valence-corrected chi connectivity index (χ4v) is 10.9. The molecule has 1 atom stereocenters. The van der Waals surface area contributed by atoms with Crippen molar-refractivity contribution >= 4 is 66.1 Å². The lowest BCUT2D eigenvalue weighted by Crippen LogP contribution is -2.47. The number of sulfone groups is 1. The maximum Gasteiger partial charge on any atom is 0.501 e. The number of halogens is 4. The summed E-state index contributed by atoms with van der Waals surface area (Å²) in [5, 5.41) is 3.66. The van der Waals surface area contributed by atoms with Crippen molar-refractivity contribution < 1.29 is 34.8 Å². The van der Waals surface area contributed by atoms with Crippen LogP contribution in [0.5, 0.6) is 0 Å². The summed E-state index contributed by atoms with van der Waals surface area (Å²) in [5.74, 6) is -0.649. The quantitative estimate of drug-likeness (QED) is 0.105. The number of hydrogen-bond donors (Lipinski definition) is 2. The number of piperazine rings is 1. The van der Waals surface area contributed by atoms with Gasteiger partial charge in [-0.05, 0) is 130 Å². The van der Waals surface area contributed by atoms with Crippen LogP contribution in [0.2, 0.25) is 5.02 Å². The van der Waals surface area contributed by atoms with Crippen LogP contribution in [0.4, 0.5) is 24.5 Å². The Morgan fingerprint density at radius 1 is 0.903 bits per heavy atom. The normalized spacial score (nSPS) is 17.0. The van der Waals surface area contributed by atoms with Gasteiger partial charge >= 0.3 is 5.51 Å². The van der Waals surface area contributed by atoms with Crippen LogP contribution in [-0.4, -0.2) is 103 Å². The maximum atomic E-state index is 14.1. The molecule has 1 unspecified atom stereocenters. The first-order valence-corrected chi connectivity index (χ1v) is 24.7. The molecule has 0 aromatic heterocycles. The second-order valence-corrected chi connectivity index (χ2v) is 22.0. The summed E-state index contributed by atoms with van der Waals surface area (Å²) >= 11 is 7.62. The lowest BCUT2D eigenvalue weighted by molar-refractivity contribution is -0.0435. The van der Waals surface area contributed by atoms with Crippen LogP contribution >= 0.6 is 23.4 Å². The third-order valence-corrected chi connectivity index (χ3v) is 15.5. The number of rotatable bonds is 16. The van der Waals surface area contributed by atoms with E-state index in [-0.39, 0.29) is 11.0 Å². The second-order valence-electron chi connectivity index (χ2n) is 16.8. The van der Waals surface area contributed by atoms with E-state index in [4.69, 9.17) is 11.6 Å². The van der Waals surface area contributed by atoms with Gasteiger partial charge in [-0.25, -0.2) is 21.6 Å². The minimum Gasteiger partial charge on any atom is -0.380 e. The van der Waals surface area contributed by atoms with Gasteiger partial charge in [0.1, 0.15) is 4.90 Å². The van der Waals surface area contributed by atoms with Crippen molar-refractivity contribution in [2.45, 2.75) is 65.8 Å². The van der Waals surface area contributed by atoms with E-state index in [2.05, 4.69) is 41.1 Å². The van der Waals surface area contributed by atoms with Gasteiger partial charge < -0.3 is 15.1 Å². The Bertz CT molecular complexity index is 2440. The monoisotopic (exact) mass is 931 g/mol. The van der Waals surface area contributed by atoms with Gasteiger partial charge in [0, 0.05) is 65.7 Å². The Balaban J connectivity index is 1.12. The fraction of sp³-hybridized carbons (Fsp3) is 0.400. The number of amides is 1. The molecule has 2 aliphatic rings. The minimum absolute atomic E-state index is 0.00128. The molecule has 1 saturated heterocycles. The van der Waals surface area contributed by atoms with Gasteiger partial charge in [0.15, 0.2) is 0 Å². The Kier molecular flexibility index (Phi) is 15.1. The average Bonchev–Trinajstić information content (AvgIpc) is 3.22. The minimum atomic E-state index is -6.03. The average molecular weight is 933 g/mol. The third kappa shape index (κ3) is 12.1. The number of carbonyl (C=O) groups is 1. The second kappa shape index (κ2) is 19.8. The van der Waals surface area contributed by atoms with E-state index in [0.29, 0.717) is 29.8 Å². The Labute approximate surface area is 372 Å². The first kappa shape index (κ1) is 47.4. The van der Waals surface area contributed by atoms with Crippen molar-refractivity contribution in [3.63, 3.8) is 0 Å². The van der Waals surface area contributed by atoms with Crippen molar-refractivity contribution in [2.24, 2.45) is 5.41 Å². The summed E-state index contributed by atoms with van der Waals surface area (Å²) in [6.45, 7) is 9.16. The molecule has 0 radical (unpaired) electrons. The van der Waals surface area contributed by atoms with Crippen molar-refractivity contribution in [2.75, 3.05) is 69.3 Å². The largest absolute Gasteiger partial charge is 0.501 e. The molecule has 1 fully saturated rings. The summed E-state index contributed by atoms with van der Waals surface area (Å²) in [6.07, 6.45) is 3.59. The highest BCUT2D eigenvalue weighted by Crippen LogP contribution is 2.43. The van der Waals surface area contributed by atoms with E-state index < -0.39 is 52.8 Å². The summed E-state index contributed by atoms with van der Waals surface area (Å²) in [5.41, 5.74) is -1.00. The molecule has 1 amide bonds. The Morgan fingerprint density at radius 3 is 2.19 bits per heavy atom. The molecular weight excluding hydrogens is 879 g/mol. The van der Waals surface area contributed by atoms with E-state index >= 15 is 0 Å². The molecular formula is C45H53ClF3N5O5S3. The maximum absolute atomic E-state index is 14.1. The first-order valence-electron chi connectivity index (χ1n) is 20.4. The first-order chi connectivity index (χ1) is 29.2. The van der Waals surface area contributed by atoms with Gasteiger partial charge in [-0.15, -0.1) is 11.8 Å². The molecule has 6 rings (SSSR count). The van der Waals surface area contributed by atoms with E-state index in [1.807, 2.05) is 66.2 Å². The SMILES string of the molecule is CN(C)CCC(CSc1ccccc1)Nc1ccc(S(=O)(=O)NC(=O)c2ccc(N3CCN(CC4=C(c5ccc(Cl)cc5)CCC(C)(C)C4)CC3)cc2)cc1S(=O)(=O)C(F)(F)F. The standard InChI is InChI=1S/C45H53ClF3N5O5S3/c1-44(2)22-20-40(32-10-14-35(46)15-11-32)34(29-44)30-53-24-26-54(27-25-53)37-16-12-33(13-17-37)43(55)51-62(58,59)39-18-19-41(42(28-39)61(56,57)45(47,48)49)50-36(21-23-52(3)4)31-60-38-8-6-5-7-9-38/h5-19,28,36,50H,20-27,29-31H2,1-4H3,(H,51,55). The number of nitrogens with zero attached hydrogens (tertiary/aromatic N) is 3. The van der Waals surface area contributed by atoms with E-state index in [1.165, 1.54) is 40.6 Å². The van der Waals surface area contributed by atoms with Crippen LogP contribution < -0.4 is 14.9 Å². The van der Waals surface area contributed by atoms with Crippen LogP contribution in [0.3, 0.4) is 0 Å².